The summed E-state index contributed by atoms with van der Waals surface area (Å²) in [5, 5.41) is 3.61. The molecule has 0 saturated carbocycles. The van der Waals surface area contributed by atoms with E-state index in [0.717, 1.165) is 10.9 Å². The largest absolute Gasteiger partial charge is 0.368 e. The lowest BCUT2D eigenvalue weighted by Gasteiger charge is -2.17. The molecule has 1 atom stereocenters. The fraction of sp³-hybridized carbons (Fsp3) is 0.312. The van der Waals surface area contributed by atoms with Crippen molar-refractivity contribution >= 4 is 22.7 Å². The van der Waals surface area contributed by atoms with Gasteiger partial charge in [0.1, 0.15) is 11.7 Å². The van der Waals surface area contributed by atoms with Crippen molar-refractivity contribution in [1.29, 1.82) is 0 Å². The molecule has 0 aliphatic carbocycles. The van der Waals surface area contributed by atoms with Crippen LogP contribution in [0.1, 0.15) is 30.8 Å². The van der Waals surface area contributed by atoms with Crippen LogP contribution in [0.2, 0.25) is 0 Å². The van der Waals surface area contributed by atoms with Gasteiger partial charge < -0.3 is 11.1 Å². The number of benzene rings is 1. The molecule has 0 unspecified atom stereocenters. The van der Waals surface area contributed by atoms with Crippen LogP contribution in [-0.4, -0.2) is 22.8 Å². The standard InChI is InChI=1S/C16H19N3O2/c1-10(2)9-14(15(17)20)19-16(21)13-8-7-11-5-3-4-6-12(11)18-13/h3-8,10,14H,9H2,1-2H3,(H2,17,20)(H,19,21)/t14-/m1/s1. The van der Waals surface area contributed by atoms with Crippen LogP contribution >= 0.6 is 0 Å². The number of amides is 2. The topological polar surface area (TPSA) is 85.1 Å². The maximum absolute atomic E-state index is 12.2. The first-order valence-electron chi connectivity index (χ1n) is 6.93. The van der Waals surface area contributed by atoms with Gasteiger partial charge >= 0.3 is 0 Å². The number of para-hydroxylation sites is 1. The molecule has 3 N–H and O–H groups in total. The minimum Gasteiger partial charge on any atom is -0.368 e. The van der Waals surface area contributed by atoms with E-state index in [1.165, 1.54) is 0 Å². The first-order chi connectivity index (χ1) is 9.97. The predicted molar refractivity (Wildman–Crippen MR) is 81.6 cm³/mol. The Labute approximate surface area is 123 Å². The third-order valence-electron chi connectivity index (χ3n) is 3.19. The van der Waals surface area contributed by atoms with E-state index >= 15 is 0 Å². The molecule has 2 amide bonds. The summed E-state index contributed by atoms with van der Waals surface area (Å²) in [7, 11) is 0. The van der Waals surface area contributed by atoms with Crippen molar-refractivity contribution in [3.8, 4) is 0 Å². The summed E-state index contributed by atoms with van der Waals surface area (Å²) in [5.41, 5.74) is 6.35. The summed E-state index contributed by atoms with van der Waals surface area (Å²) < 4.78 is 0. The summed E-state index contributed by atoms with van der Waals surface area (Å²) >= 11 is 0. The van der Waals surface area contributed by atoms with Crippen LogP contribution in [0, 0.1) is 5.92 Å². The van der Waals surface area contributed by atoms with Crippen LogP contribution in [-0.2, 0) is 4.79 Å². The van der Waals surface area contributed by atoms with Crippen LogP contribution in [0.15, 0.2) is 36.4 Å². The number of pyridine rings is 1. The van der Waals surface area contributed by atoms with Gasteiger partial charge in [-0.15, -0.1) is 0 Å². The Morgan fingerprint density at radius 2 is 1.90 bits per heavy atom. The van der Waals surface area contributed by atoms with Crippen LogP contribution in [0.4, 0.5) is 0 Å². The van der Waals surface area contributed by atoms with Gasteiger partial charge in [-0.3, -0.25) is 9.59 Å². The molecule has 21 heavy (non-hydrogen) atoms. The van der Waals surface area contributed by atoms with E-state index in [4.69, 9.17) is 5.73 Å². The Hall–Kier alpha value is -2.43. The molecule has 0 saturated heterocycles. The van der Waals surface area contributed by atoms with Crippen molar-refractivity contribution in [2.75, 3.05) is 0 Å². The van der Waals surface area contributed by atoms with E-state index in [9.17, 15) is 9.59 Å². The highest BCUT2D eigenvalue weighted by Gasteiger charge is 2.20. The van der Waals surface area contributed by atoms with E-state index in [0.29, 0.717) is 6.42 Å². The summed E-state index contributed by atoms with van der Waals surface area (Å²) in [4.78, 5) is 27.9. The lowest BCUT2D eigenvalue weighted by atomic mass is 10.0. The molecule has 0 aliphatic heterocycles. The average molecular weight is 285 g/mol. The molecule has 2 aromatic rings. The van der Waals surface area contributed by atoms with Gasteiger partial charge in [0.15, 0.2) is 0 Å². The second-order valence-corrected chi connectivity index (χ2v) is 5.45. The second-order valence-electron chi connectivity index (χ2n) is 5.45. The monoisotopic (exact) mass is 285 g/mol. The molecule has 0 bridgehead atoms. The lowest BCUT2D eigenvalue weighted by molar-refractivity contribution is -0.120. The maximum atomic E-state index is 12.2. The minimum absolute atomic E-state index is 0.257. The Bertz CT molecular complexity index is 667. The zero-order valence-corrected chi connectivity index (χ0v) is 12.2. The van der Waals surface area contributed by atoms with Crippen LogP contribution in [0.5, 0.6) is 0 Å². The molecular formula is C16H19N3O2. The number of primary amides is 1. The van der Waals surface area contributed by atoms with Crippen LogP contribution in [0.25, 0.3) is 10.9 Å². The molecule has 0 radical (unpaired) electrons. The second kappa shape index (κ2) is 6.35. The number of carbonyl (C=O) groups is 2. The zero-order valence-electron chi connectivity index (χ0n) is 12.2. The number of hydrogen-bond donors (Lipinski definition) is 2. The number of rotatable bonds is 5. The Kier molecular flexibility index (Phi) is 4.52. The van der Waals surface area contributed by atoms with Crippen LogP contribution in [0.3, 0.4) is 0 Å². The predicted octanol–water partition coefficient (Wildman–Crippen LogP) is 1.86. The molecule has 2 rings (SSSR count). The fourth-order valence-electron chi connectivity index (χ4n) is 2.14. The summed E-state index contributed by atoms with van der Waals surface area (Å²) in [6, 6.07) is 10.3. The van der Waals surface area contributed by atoms with E-state index in [-0.39, 0.29) is 17.5 Å². The zero-order chi connectivity index (χ0) is 15.4. The van der Waals surface area contributed by atoms with Crippen molar-refractivity contribution in [3.63, 3.8) is 0 Å². The average Bonchev–Trinajstić information content (AvgIpc) is 2.45. The van der Waals surface area contributed by atoms with Crippen molar-refractivity contribution in [3.05, 3.63) is 42.1 Å². The van der Waals surface area contributed by atoms with Crippen molar-refractivity contribution in [2.24, 2.45) is 11.7 Å². The minimum atomic E-state index is -0.675. The van der Waals surface area contributed by atoms with Gasteiger partial charge in [0, 0.05) is 5.39 Å². The number of nitrogens with one attached hydrogen (secondary N) is 1. The van der Waals surface area contributed by atoms with E-state index in [1.54, 1.807) is 6.07 Å². The molecule has 1 aromatic carbocycles. The van der Waals surface area contributed by atoms with Gasteiger partial charge in [-0.2, -0.15) is 0 Å². The first kappa shape index (κ1) is 15.0. The van der Waals surface area contributed by atoms with Crippen molar-refractivity contribution in [1.82, 2.24) is 10.3 Å². The lowest BCUT2D eigenvalue weighted by Crippen LogP contribution is -2.45. The Balaban J connectivity index is 2.19. The highest BCUT2D eigenvalue weighted by molar-refractivity contribution is 5.97. The Morgan fingerprint density at radius 1 is 1.19 bits per heavy atom. The van der Waals surface area contributed by atoms with Gasteiger partial charge in [0.2, 0.25) is 5.91 Å². The molecule has 0 fully saturated rings. The quantitative estimate of drug-likeness (QED) is 0.879. The summed E-state index contributed by atoms with van der Waals surface area (Å²) in [6.07, 6.45) is 0.509. The molecule has 110 valence electrons. The van der Waals surface area contributed by atoms with E-state index < -0.39 is 11.9 Å². The third-order valence-corrected chi connectivity index (χ3v) is 3.19. The van der Waals surface area contributed by atoms with Crippen molar-refractivity contribution < 1.29 is 9.59 Å². The Morgan fingerprint density at radius 3 is 2.57 bits per heavy atom. The highest BCUT2D eigenvalue weighted by Crippen LogP contribution is 2.12. The van der Waals surface area contributed by atoms with Gasteiger partial charge in [0.25, 0.3) is 5.91 Å². The van der Waals surface area contributed by atoms with E-state index in [2.05, 4.69) is 10.3 Å². The summed E-state index contributed by atoms with van der Waals surface area (Å²) in [5.74, 6) is -0.657. The van der Waals surface area contributed by atoms with E-state index in [1.807, 2.05) is 44.2 Å². The van der Waals surface area contributed by atoms with Gasteiger partial charge in [-0.05, 0) is 24.5 Å². The molecule has 1 aromatic heterocycles. The number of fused-ring (bicyclic) bond motifs is 1. The number of nitrogens with zero attached hydrogens (tertiary/aromatic N) is 1. The molecule has 0 spiro atoms. The summed E-state index contributed by atoms with van der Waals surface area (Å²) in [6.45, 7) is 3.94. The van der Waals surface area contributed by atoms with Crippen LogP contribution < -0.4 is 11.1 Å². The molecule has 5 heteroatoms. The number of nitrogens with two attached hydrogens (primary N) is 1. The van der Waals surface area contributed by atoms with Gasteiger partial charge in [-0.25, -0.2) is 4.98 Å². The first-order valence-corrected chi connectivity index (χ1v) is 6.93. The number of carbonyl (C=O) groups excluding carboxylic acids is 2. The fourth-order valence-corrected chi connectivity index (χ4v) is 2.14. The molecular weight excluding hydrogens is 266 g/mol. The molecule has 5 nitrogen and oxygen atoms in total. The maximum Gasteiger partial charge on any atom is 0.270 e. The highest BCUT2D eigenvalue weighted by atomic mass is 16.2. The van der Waals surface area contributed by atoms with Gasteiger partial charge in [0.05, 0.1) is 5.52 Å². The smallest absolute Gasteiger partial charge is 0.270 e. The SMILES string of the molecule is CC(C)C[C@@H](NC(=O)c1ccc2ccccc2n1)C(N)=O. The van der Waals surface area contributed by atoms with Gasteiger partial charge in [-0.1, -0.05) is 38.1 Å². The molecule has 1 heterocycles. The molecule has 0 aliphatic rings. The van der Waals surface area contributed by atoms with Crippen molar-refractivity contribution in [2.45, 2.75) is 26.3 Å². The number of hydrogen-bond acceptors (Lipinski definition) is 3. The normalized spacial score (nSPS) is 12.3. The number of aromatic nitrogens is 1. The third kappa shape index (κ3) is 3.78.